The summed E-state index contributed by atoms with van der Waals surface area (Å²) in [6, 6.07) is 7.23. The zero-order valence-corrected chi connectivity index (χ0v) is 13.3. The van der Waals surface area contributed by atoms with Crippen molar-refractivity contribution in [3.05, 3.63) is 55.2 Å². The minimum absolute atomic E-state index is 0.245. The van der Waals surface area contributed by atoms with E-state index in [4.69, 9.17) is 16.0 Å². The van der Waals surface area contributed by atoms with Crippen LogP contribution in [0, 0.1) is 0 Å². The highest BCUT2D eigenvalue weighted by atomic mass is 79.9. The molecule has 0 aliphatic rings. The number of H-pyrrole nitrogens is 2. The lowest BCUT2D eigenvalue weighted by molar-refractivity contribution is 0.494. The van der Waals surface area contributed by atoms with Crippen LogP contribution >= 0.6 is 43.5 Å². The van der Waals surface area contributed by atoms with Crippen molar-refractivity contribution in [2.45, 2.75) is 5.38 Å². The van der Waals surface area contributed by atoms with Gasteiger partial charge in [-0.25, -0.2) is 4.79 Å². The number of aromatic nitrogens is 2. The molecule has 2 heterocycles. The molecule has 1 unspecified atom stereocenters. The van der Waals surface area contributed by atoms with Gasteiger partial charge in [0.05, 0.1) is 11.0 Å². The summed E-state index contributed by atoms with van der Waals surface area (Å²) in [5.74, 6) is 0.631. The highest BCUT2D eigenvalue weighted by Crippen LogP contribution is 2.36. The van der Waals surface area contributed by atoms with E-state index < -0.39 is 5.38 Å². The summed E-state index contributed by atoms with van der Waals surface area (Å²) in [6.07, 6.45) is 0. The van der Waals surface area contributed by atoms with E-state index in [9.17, 15) is 4.79 Å². The first-order valence-electron chi connectivity index (χ1n) is 5.35. The molecule has 3 aromatic rings. The Hall–Kier alpha value is -0.980. The number of nitrogens with one attached hydrogen (secondary N) is 2. The summed E-state index contributed by atoms with van der Waals surface area (Å²) in [5, 5.41) is -0.441. The van der Waals surface area contributed by atoms with Crippen LogP contribution in [0.3, 0.4) is 0 Å². The Morgan fingerprint density at radius 2 is 1.84 bits per heavy atom. The number of furan rings is 1. The van der Waals surface area contributed by atoms with Gasteiger partial charge in [-0.15, -0.1) is 11.6 Å². The predicted octanol–water partition coefficient (Wildman–Crippen LogP) is 4.30. The van der Waals surface area contributed by atoms with Crippen molar-refractivity contribution in [2.75, 3.05) is 0 Å². The van der Waals surface area contributed by atoms with Crippen LogP contribution in [0.5, 0.6) is 0 Å². The van der Waals surface area contributed by atoms with Crippen molar-refractivity contribution in [1.82, 2.24) is 9.97 Å². The van der Waals surface area contributed by atoms with E-state index >= 15 is 0 Å². The number of rotatable bonds is 2. The van der Waals surface area contributed by atoms with Crippen LogP contribution in [0.15, 0.2) is 42.6 Å². The second-order valence-electron chi connectivity index (χ2n) is 4.00. The highest BCUT2D eigenvalue weighted by molar-refractivity contribution is 9.10. The smallest absolute Gasteiger partial charge is 0.323 e. The van der Waals surface area contributed by atoms with Crippen molar-refractivity contribution < 1.29 is 4.42 Å². The van der Waals surface area contributed by atoms with Crippen LogP contribution in [-0.4, -0.2) is 9.97 Å². The van der Waals surface area contributed by atoms with Crippen molar-refractivity contribution in [2.24, 2.45) is 0 Å². The Morgan fingerprint density at radius 1 is 1.16 bits per heavy atom. The molecule has 1 aromatic carbocycles. The first kappa shape index (κ1) is 13.0. The van der Waals surface area contributed by atoms with Gasteiger partial charge in [-0.1, -0.05) is 15.9 Å². The van der Waals surface area contributed by atoms with Gasteiger partial charge in [0.15, 0.2) is 4.67 Å². The number of benzene rings is 1. The average Bonchev–Trinajstić information content (AvgIpc) is 2.92. The third-order valence-corrected chi connectivity index (χ3v) is 4.31. The van der Waals surface area contributed by atoms with Crippen LogP contribution in [0.2, 0.25) is 0 Å². The molecule has 7 heteroatoms. The Balaban J connectivity index is 2.13. The lowest BCUT2D eigenvalue weighted by atomic mass is 10.1. The highest BCUT2D eigenvalue weighted by Gasteiger charge is 2.19. The molecule has 0 saturated carbocycles. The van der Waals surface area contributed by atoms with E-state index in [0.29, 0.717) is 15.9 Å². The minimum atomic E-state index is -0.441. The Morgan fingerprint density at radius 3 is 2.47 bits per heavy atom. The Labute approximate surface area is 129 Å². The third-order valence-electron chi connectivity index (χ3n) is 2.75. The molecule has 2 aromatic heterocycles. The van der Waals surface area contributed by atoms with Crippen LogP contribution in [0.4, 0.5) is 0 Å². The first-order chi connectivity index (χ1) is 9.04. The molecule has 0 bridgehead atoms. The third kappa shape index (κ3) is 2.40. The molecule has 0 aliphatic heterocycles. The molecule has 3 rings (SSSR count). The van der Waals surface area contributed by atoms with Gasteiger partial charge in [0, 0.05) is 4.47 Å². The van der Waals surface area contributed by atoms with Crippen LogP contribution in [0.25, 0.3) is 11.0 Å². The maximum absolute atomic E-state index is 11.3. The van der Waals surface area contributed by atoms with Crippen molar-refractivity contribution in [1.29, 1.82) is 0 Å². The van der Waals surface area contributed by atoms with E-state index in [1.54, 1.807) is 12.1 Å². The average molecular weight is 406 g/mol. The molecule has 98 valence electrons. The lowest BCUT2D eigenvalue weighted by Crippen LogP contribution is -1.99. The minimum Gasteiger partial charge on any atom is -0.452 e. The second kappa shape index (κ2) is 4.85. The zero-order chi connectivity index (χ0) is 13.6. The quantitative estimate of drug-likeness (QED) is 0.624. The summed E-state index contributed by atoms with van der Waals surface area (Å²) in [5.41, 5.74) is 2.02. The number of halogens is 3. The fourth-order valence-electron chi connectivity index (χ4n) is 1.88. The molecule has 0 aliphatic carbocycles. The van der Waals surface area contributed by atoms with E-state index in [-0.39, 0.29) is 5.69 Å². The van der Waals surface area contributed by atoms with Gasteiger partial charge >= 0.3 is 5.69 Å². The summed E-state index contributed by atoms with van der Waals surface area (Å²) in [7, 11) is 0. The molecule has 2 N–H and O–H groups in total. The number of imidazole rings is 1. The van der Waals surface area contributed by atoms with Crippen LogP contribution in [0.1, 0.15) is 16.7 Å². The molecule has 0 spiro atoms. The van der Waals surface area contributed by atoms with Crippen LogP contribution in [-0.2, 0) is 0 Å². The van der Waals surface area contributed by atoms with E-state index in [1.807, 2.05) is 12.1 Å². The Kier molecular flexibility index (Phi) is 3.32. The van der Waals surface area contributed by atoms with E-state index in [1.165, 1.54) is 0 Å². The standard InChI is InChI=1S/C12H7Br2ClN2O2/c13-6-4-8-7(16-12(18)17-8)3-5(6)11(15)9-1-2-10(14)19-9/h1-4,11H,(H2,16,17,18). The molecule has 4 nitrogen and oxygen atoms in total. The molecule has 0 saturated heterocycles. The SMILES string of the molecule is O=c1[nH]c2cc(Br)c(C(Cl)c3ccc(Br)o3)cc2[nH]1. The van der Waals surface area contributed by atoms with Gasteiger partial charge in [0.2, 0.25) is 0 Å². The molecule has 0 amide bonds. The first-order valence-corrected chi connectivity index (χ1v) is 7.37. The van der Waals surface area contributed by atoms with Crippen molar-refractivity contribution in [3.63, 3.8) is 0 Å². The fraction of sp³-hybridized carbons (Fsp3) is 0.0833. The maximum atomic E-state index is 11.3. The number of hydrogen-bond acceptors (Lipinski definition) is 2. The van der Waals surface area contributed by atoms with Gasteiger partial charge < -0.3 is 14.4 Å². The number of alkyl halides is 1. The lowest BCUT2D eigenvalue weighted by Gasteiger charge is -2.09. The van der Waals surface area contributed by atoms with Crippen LogP contribution < -0.4 is 5.69 Å². The molecule has 19 heavy (non-hydrogen) atoms. The predicted molar refractivity (Wildman–Crippen MR) is 80.7 cm³/mol. The maximum Gasteiger partial charge on any atom is 0.323 e. The summed E-state index contributed by atoms with van der Waals surface area (Å²) in [6.45, 7) is 0. The number of aromatic amines is 2. The summed E-state index contributed by atoms with van der Waals surface area (Å²) < 4.78 is 6.89. The monoisotopic (exact) mass is 404 g/mol. The van der Waals surface area contributed by atoms with Gasteiger partial charge in [-0.2, -0.15) is 0 Å². The molecular weight excluding hydrogens is 399 g/mol. The summed E-state index contributed by atoms with van der Waals surface area (Å²) >= 11 is 13.1. The number of fused-ring (bicyclic) bond motifs is 1. The van der Waals surface area contributed by atoms with Gasteiger partial charge in [-0.3, -0.25) is 0 Å². The summed E-state index contributed by atoms with van der Waals surface area (Å²) in [4.78, 5) is 16.7. The zero-order valence-electron chi connectivity index (χ0n) is 9.34. The molecule has 0 fully saturated rings. The topological polar surface area (TPSA) is 61.8 Å². The molecule has 0 radical (unpaired) electrons. The van der Waals surface area contributed by atoms with Gasteiger partial charge in [0.1, 0.15) is 11.1 Å². The van der Waals surface area contributed by atoms with E-state index in [2.05, 4.69) is 41.8 Å². The second-order valence-corrected chi connectivity index (χ2v) is 6.08. The normalized spacial score (nSPS) is 13.0. The fourth-order valence-corrected chi connectivity index (χ4v) is 3.21. The number of hydrogen-bond donors (Lipinski definition) is 2. The van der Waals surface area contributed by atoms with Crippen molar-refractivity contribution in [3.8, 4) is 0 Å². The van der Waals surface area contributed by atoms with E-state index in [0.717, 1.165) is 15.6 Å². The van der Waals surface area contributed by atoms with Gasteiger partial charge in [-0.05, 0) is 45.8 Å². The largest absolute Gasteiger partial charge is 0.452 e. The van der Waals surface area contributed by atoms with Crippen molar-refractivity contribution >= 4 is 54.5 Å². The molecular formula is C12H7Br2ClN2O2. The Bertz CT molecular complexity index is 806. The molecule has 1 atom stereocenters. The van der Waals surface area contributed by atoms with Gasteiger partial charge in [0.25, 0.3) is 0 Å².